The number of nitrogens with zero attached hydrogens (tertiary/aromatic N) is 4. The number of piperazine rings is 1. The average molecular weight is 422 g/mol. The molecule has 0 radical (unpaired) electrons. The fraction of sp³-hybridized carbons (Fsp3) is 0.222. The predicted octanol–water partition coefficient (Wildman–Crippen LogP) is 2.99. The van der Waals surface area contributed by atoms with Gasteiger partial charge in [-0.2, -0.15) is 4.31 Å². The molecule has 2 aromatic heterocycles. The van der Waals surface area contributed by atoms with Crippen LogP contribution in [0.3, 0.4) is 0 Å². The Bertz CT molecular complexity index is 1070. The van der Waals surface area contributed by atoms with Crippen LogP contribution < -0.4 is 4.90 Å². The summed E-state index contributed by atoms with van der Waals surface area (Å²) in [5, 5.41) is 10.4. The van der Waals surface area contributed by atoms with Crippen molar-refractivity contribution >= 4 is 27.2 Å². The Kier molecular flexibility index (Phi) is 5.09. The van der Waals surface area contributed by atoms with Crippen LogP contribution in [0, 0.1) is 11.6 Å². The van der Waals surface area contributed by atoms with E-state index in [0.717, 1.165) is 22.7 Å². The van der Waals surface area contributed by atoms with Gasteiger partial charge in [-0.1, -0.05) is 6.07 Å². The summed E-state index contributed by atoms with van der Waals surface area (Å²) >= 11 is 1.58. The molecule has 6 nitrogen and oxygen atoms in total. The maximum atomic E-state index is 13.9. The molecule has 0 spiro atoms. The zero-order valence-electron chi connectivity index (χ0n) is 14.6. The van der Waals surface area contributed by atoms with E-state index < -0.39 is 26.6 Å². The van der Waals surface area contributed by atoms with Crippen LogP contribution >= 0.6 is 11.3 Å². The van der Waals surface area contributed by atoms with Gasteiger partial charge in [0.1, 0.15) is 22.2 Å². The minimum absolute atomic E-state index is 0.174. The van der Waals surface area contributed by atoms with E-state index in [-0.39, 0.29) is 13.1 Å². The molecule has 1 aromatic carbocycles. The fourth-order valence-electron chi connectivity index (χ4n) is 3.03. The lowest BCUT2D eigenvalue weighted by Crippen LogP contribution is -2.49. The molecular formula is C18H16F2N4O2S2. The van der Waals surface area contributed by atoms with Crippen molar-refractivity contribution in [1.82, 2.24) is 14.5 Å². The standard InChI is InChI=1S/C18H16F2N4O2S2/c19-13-3-5-17(14(20)12-13)28(25,26)24-9-7-23(8-10-24)18-6-4-15(21-22-18)16-2-1-11-27-16/h1-6,11-12H,7-10H2. The van der Waals surface area contributed by atoms with Gasteiger partial charge in [0.2, 0.25) is 10.0 Å². The molecule has 1 saturated heterocycles. The van der Waals surface area contributed by atoms with Crippen LogP contribution in [0.2, 0.25) is 0 Å². The van der Waals surface area contributed by atoms with Crippen LogP contribution in [-0.2, 0) is 10.0 Å². The van der Waals surface area contributed by atoms with Crippen LogP contribution in [0.1, 0.15) is 0 Å². The molecule has 0 saturated carbocycles. The van der Waals surface area contributed by atoms with Crippen LogP contribution in [0.25, 0.3) is 10.6 Å². The number of hydrogen-bond acceptors (Lipinski definition) is 6. The molecule has 146 valence electrons. The van der Waals surface area contributed by atoms with Crippen LogP contribution in [0.4, 0.5) is 14.6 Å². The quantitative estimate of drug-likeness (QED) is 0.647. The molecular weight excluding hydrogens is 406 g/mol. The topological polar surface area (TPSA) is 66.4 Å². The maximum Gasteiger partial charge on any atom is 0.246 e. The Morgan fingerprint density at radius 1 is 0.964 bits per heavy atom. The van der Waals surface area contributed by atoms with Crippen molar-refractivity contribution in [2.75, 3.05) is 31.1 Å². The molecule has 0 unspecified atom stereocenters. The first-order valence-electron chi connectivity index (χ1n) is 8.53. The van der Waals surface area contributed by atoms with E-state index in [1.807, 2.05) is 34.5 Å². The summed E-state index contributed by atoms with van der Waals surface area (Å²) in [6.45, 7) is 1.14. The highest BCUT2D eigenvalue weighted by molar-refractivity contribution is 7.89. The lowest BCUT2D eigenvalue weighted by molar-refractivity contribution is 0.381. The highest BCUT2D eigenvalue weighted by Crippen LogP contribution is 2.25. The summed E-state index contributed by atoms with van der Waals surface area (Å²) in [4.78, 5) is 2.44. The Hall–Kier alpha value is -2.43. The van der Waals surface area contributed by atoms with Gasteiger partial charge in [-0.25, -0.2) is 17.2 Å². The summed E-state index contributed by atoms with van der Waals surface area (Å²) < 4.78 is 53.5. The third-order valence-corrected chi connectivity index (χ3v) is 7.32. The van der Waals surface area contributed by atoms with Gasteiger partial charge in [0, 0.05) is 32.2 Å². The van der Waals surface area contributed by atoms with Crippen molar-refractivity contribution in [1.29, 1.82) is 0 Å². The van der Waals surface area contributed by atoms with Crippen LogP contribution in [0.5, 0.6) is 0 Å². The Morgan fingerprint density at radius 3 is 2.36 bits per heavy atom. The zero-order valence-corrected chi connectivity index (χ0v) is 16.3. The first kappa shape index (κ1) is 18.9. The van der Waals surface area contributed by atoms with Gasteiger partial charge >= 0.3 is 0 Å². The average Bonchev–Trinajstić information content (AvgIpc) is 3.23. The summed E-state index contributed by atoms with van der Waals surface area (Å²) in [7, 11) is -4.02. The van der Waals surface area contributed by atoms with E-state index in [0.29, 0.717) is 25.0 Å². The summed E-state index contributed by atoms with van der Waals surface area (Å²) in [6.07, 6.45) is 0. The molecule has 0 atom stereocenters. The molecule has 0 amide bonds. The minimum atomic E-state index is -4.02. The van der Waals surface area contributed by atoms with Crippen molar-refractivity contribution in [2.45, 2.75) is 4.90 Å². The van der Waals surface area contributed by atoms with Crippen molar-refractivity contribution in [2.24, 2.45) is 0 Å². The molecule has 28 heavy (non-hydrogen) atoms. The van der Waals surface area contributed by atoms with Crippen LogP contribution in [0.15, 0.2) is 52.7 Å². The van der Waals surface area contributed by atoms with E-state index >= 15 is 0 Å². The number of rotatable bonds is 4. The smallest absolute Gasteiger partial charge is 0.246 e. The van der Waals surface area contributed by atoms with Gasteiger partial charge in [0.05, 0.1) is 4.88 Å². The first-order valence-corrected chi connectivity index (χ1v) is 10.8. The molecule has 10 heteroatoms. The summed E-state index contributed by atoms with van der Waals surface area (Å²) in [5.41, 5.74) is 0.784. The highest BCUT2D eigenvalue weighted by Gasteiger charge is 2.31. The second-order valence-corrected chi connectivity index (χ2v) is 9.07. The Labute approximate surface area is 165 Å². The molecule has 1 fully saturated rings. The van der Waals surface area contributed by atoms with Gasteiger partial charge in [0.15, 0.2) is 5.82 Å². The third kappa shape index (κ3) is 3.62. The molecule has 0 bridgehead atoms. The molecule has 0 N–H and O–H groups in total. The number of thiophene rings is 1. The molecule has 4 rings (SSSR count). The minimum Gasteiger partial charge on any atom is -0.352 e. The zero-order chi connectivity index (χ0) is 19.7. The van der Waals surface area contributed by atoms with E-state index in [9.17, 15) is 17.2 Å². The second-order valence-electron chi connectivity index (χ2n) is 6.22. The summed E-state index contributed by atoms with van der Waals surface area (Å²) in [5.74, 6) is -1.24. The van der Waals surface area contributed by atoms with Crippen molar-refractivity contribution < 1.29 is 17.2 Å². The molecule has 3 aromatic rings. The van der Waals surface area contributed by atoms with E-state index in [1.165, 1.54) is 4.31 Å². The largest absolute Gasteiger partial charge is 0.352 e. The Balaban J connectivity index is 1.45. The Morgan fingerprint density at radius 2 is 1.75 bits per heavy atom. The number of sulfonamides is 1. The normalized spacial score (nSPS) is 15.7. The number of halogens is 2. The number of anilines is 1. The number of aromatic nitrogens is 2. The molecule has 3 heterocycles. The fourth-order valence-corrected chi connectivity index (χ4v) is 5.19. The van der Waals surface area contributed by atoms with Crippen LogP contribution in [-0.4, -0.2) is 49.1 Å². The van der Waals surface area contributed by atoms with Crippen molar-refractivity contribution in [3.63, 3.8) is 0 Å². The third-order valence-electron chi connectivity index (χ3n) is 4.50. The lowest BCUT2D eigenvalue weighted by Gasteiger charge is -2.34. The van der Waals surface area contributed by atoms with Crippen molar-refractivity contribution in [3.05, 3.63) is 59.5 Å². The van der Waals surface area contributed by atoms with Gasteiger partial charge in [-0.05, 0) is 35.7 Å². The first-order chi connectivity index (χ1) is 13.4. The van der Waals surface area contributed by atoms with E-state index in [1.54, 1.807) is 11.3 Å². The second kappa shape index (κ2) is 7.53. The molecule has 0 aliphatic carbocycles. The predicted molar refractivity (Wildman–Crippen MR) is 103 cm³/mol. The van der Waals surface area contributed by atoms with E-state index in [2.05, 4.69) is 10.2 Å². The van der Waals surface area contributed by atoms with Gasteiger partial charge < -0.3 is 4.90 Å². The maximum absolute atomic E-state index is 13.9. The van der Waals surface area contributed by atoms with E-state index in [4.69, 9.17) is 0 Å². The van der Waals surface area contributed by atoms with Crippen molar-refractivity contribution in [3.8, 4) is 10.6 Å². The molecule has 1 aliphatic heterocycles. The highest BCUT2D eigenvalue weighted by atomic mass is 32.2. The van der Waals surface area contributed by atoms with Gasteiger partial charge in [-0.15, -0.1) is 21.5 Å². The SMILES string of the molecule is O=S(=O)(c1ccc(F)cc1F)N1CCN(c2ccc(-c3cccs3)nn2)CC1. The number of hydrogen-bond donors (Lipinski definition) is 0. The lowest BCUT2D eigenvalue weighted by atomic mass is 10.3. The van der Waals surface area contributed by atoms with Gasteiger partial charge in [0.25, 0.3) is 0 Å². The number of benzene rings is 1. The monoisotopic (exact) mass is 422 g/mol. The van der Waals surface area contributed by atoms with Gasteiger partial charge in [-0.3, -0.25) is 0 Å². The summed E-state index contributed by atoms with van der Waals surface area (Å²) in [6, 6.07) is 10.1. The molecule has 1 aliphatic rings.